The van der Waals surface area contributed by atoms with Crippen LogP contribution in [0, 0.1) is 6.92 Å². The third kappa shape index (κ3) is 2.96. The van der Waals surface area contributed by atoms with Gasteiger partial charge in [-0.15, -0.1) is 11.3 Å². The molecule has 0 unspecified atom stereocenters. The van der Waals surface area contributed by atoms with Gasteiger partial charge in [0.1, 0.15) is 11.6 Å². The molecule has 0 atom stereocenters. The molecule has 4 nitrogen and oxygen atoms in total. The molecule has 0 spiro atoms. The number of fused-ring (bicyclic) bond motifs is 1. The molecule has 2 aromatic rings. The van der Waals surface area contributed by atoms with Gasteiger partial charge in [-0.05, 0) is 28.9 Å². The van der Waals surface area contributed by atoms with Crippen LogP contribution in [0.4, 0.5) is 5.82 Å². The summed E-state index contributed by atoms with van der Waals surface area (Å²) < 4.78 is 1.14. The van der Waals surface area contributed by atoms with Crippen molar-refractivity contribution in [3.05, 3.63) is 37.9 Å². The molecule has 0 bridgehead atoms. The smallest absolute Gasteiger partial charge is 0.134 e. The van der Waals surface area contributed by atoms with Crippen molar-refractivity contribution in [2.45, 2.75) is 26.4 Å². The third-order valence-electron chi connectivity index (χ3n) is 3.10. The summed E-state index contributed by atoms with van der Waals surface area (Å²) in [5.74, 6) is 1.81. The number of thiophene rings is 1. The molecule has 0 aliphatic carbocycles. The standard InChI is InChI=1S/C13H15BrN4S/c1-8-17-12-2-3-15-6-11(12)13(18-8)16-5-10-4-9(14)7-19-10/h4,7,15H,2-3,5-6H2,1H3,(H,16,17,18). The minimum atomic E-state index is 0.805. The van der Waals surface area contributed by atoms with E-state index in [9.17, 15) is 0 Å². The Bertz CT molecular complexity index is 596. The second-order valence-corrected chi connectivity index (χ2v) is 6.47. The van der Waals surface area contributed by atoms with Crippen molar-refractivity contribution in [1.82, 2.24) is 15.3 Å². The summed E-state index contributed by atoms with van der Waals surface area (Å²) in [6, 6.07) is 2.14. The summed E-state index contributed by atoms with van der Waals surface area (Å²) in [7, 11) is 0. The molecular weight excluding hydrogens is 324 g/mol. The van der Waals surface area contributed by atoms with Gasteiger partial charge in [-0.2, -0.15) is 0 Å². The maximum atomic E-state index is 4.54. The topological polar surface area (TPSA) is 49.8 Å². The highest BCUT2D eigenvalue weighted by Gasteiger charge is 2.16. The lowest BCUT2D eigenvalue weighted by atomic mass is 10.1. The lowest BCUT2D eigenvalue weighted by Crippen LogP contribution is -2.26. The molecule has 0 amide bonds. The number of aromatic nitrogens is 2. The number of nitrogens with one attached hydrogen (secondary N) is 2. The Morgan fingerprint density at radius 2 is 2.37 bits per heavy atom. The van der Waals surface area contributed by atoms with Gasteiger partial charge in [-0.1, -0.05) is 0 Å². The molecule has 0 saturated heterocycles. The monoisotopic (exact) mass is 338 g/mol. The van der Waals surface area contributed by atoms with E-state index < -0.39 is 0 Å². The second kappa shape index (κ2) is 5.56. The maximum absolute atomic E-state index is 4.54. The van der Waals surface area contributed by atoms with Crippen molar-refractivity contribution < 1.29 is 0 Å². The summed E-state index contributed by atoms with van der Waals surface area (Å²) in [6.07, 6.45) is 0.984. The summed E-state index contributed by atoms with van der Waals surface area (Å²) in [5, 5.41) is 8.92. The van der Waals surface area contributed by atoms with Gasteiger partial charge in [-0.3, -0.25) is 0 Å². The molecule has 19 heavy (non-hydrogen) atoms. The molecule has 0 fully saturated rings. The predicted molar refractivity (Wildman–Crippen MR) is 81.5 cm³/mol. The van der Waals surface area contributed by atoms with E-state index in [1.165, 1.54) is 16.1 Å². The number of rotatable bonds is 3. The molecule has 1 aliphatic rings. The summed E-state index contributed by atoms with van der Waals surface area (Å²) in [4.78, 5) is 10.4. The Morgan fingerprint density at radius 3 is 3.16 bits per heavy atom. The van der Waals surface area contributed by atoms with Crippen LogP contribution in [0.5, 0.6) is 0 Å². The van der Waals surface area contributed by atoms with Crippen LogP contribution in [-0.4, -0.2) is 16.5 Å². The van der Waals surface area contributed by atoms with Crippen LogP contribution < -0.4 is 10.6 Å². The number of nitrogens with zero attached hydrogens (tertiary/aromatic N) is 2. The van der Waals surface area contributed by atoms with Crippen LogP contribution in [0.15, 0.2) is 15.9 Å². The molecule has 0 saturated carbocycles. The number of halogens is 1. The average Bonchev–Trinajstić information content (AvgIpc) is 2.81. The molecule has 3 rings (SSSR count). The molecule has 0 aromatic carbocycles. The number of aryl methyl sites for hydroxylation is 1. The fraction of sp³-hybridized carbons (Fsp3) is 0.385. The first kappa shape index (κ1) is 13.0. The van der Waals surface area contributed by atoms with Crippen LogP contribution in [-0.2, 0) is 19.5 Å². The summed E-state index contributed by atoms with van der Waals surface area (Å²) in [5.41, 5.74) is 2.40. The van der Waals surface area contributed by atoms with E-state index in [4.69, 9.17) is 0 Å². The van der Waals surface area contributed by atoms with Crippen LogP contribution in [0.1, 0.15) is 22.0 Å². The van der Waals surface area contributed by atoms with Gasteiger partial charge in [0, 0.05) is 39.8 Å². The van der Waals surface area contributed by atoms with Gasteiger partial charge >= 0.3 is 0 Å². The van der Waals surface area contributed by atoms with Crippen LogP contribution >= 0.6 is 27.3 Å². The van der Waals surface area contributed by atoms with Gasteiger partial charge in [0.05, 0.1) is 12.2 Å². The zero-order chi connectivity index (χ0) is 13.2. The van der Waals surface area contributed by atoms with E-state index >= 15 is 0 Å². The lowest BCUT2D eigenvalue weighted by Gasteiger charge is -2.20. The highest BCUT2D eigenvalue weighted by molar-refractivity contribution is 9.10. The van der Waals surface area contributed by atoms with E-state index in [1.54, 1.807) is 11.3 Å². The highest BCUT2D eigenvalue weighted by Crippen LogP contribution is 2.23. The van der Waals surface area contributed by atoms with Crippen LogP contribution in [0.3, 0.4) is 0 Å². The largest absolute Gasteiger partial charge is 0.365 e. The van der Waals surface area contributed by atoms with Gasteiger partial charge in [0.15, 0.2) is 0 Å². The fourth-order valence-corrected chi connectivity index (χ4v) is 3.62. The van der Waals surface area contributed by atoms with Crippen molar-refractivity contribution in [2.24, 2.45) is 0 Å². The molecule has 6 heteroatoms. The molecule has 1 aliphatic heterocycles. The predicted octanol–water partition coefficient (Wildman–Crippen LogP) is 2.87. The van der Waals surface area contributed by atoms with E-state index in [0.29, 0.717) is 0 Å². The van der Waals surface area contributed by atoms with Gasteiger partial charge < -0.3 is 10.6 Å². The van der Waals surface area contributed by atoms with Crippen molar-refractivity contribution in [2.75, 3.05) is 11.9 Å². The van der Waals surface area contributed by atoms with E-state index in [1.807, 2.05) is 6.92 Å². The lowest BCUT2D eigenvalue weighted by molar-refractivity contribution is 0.624. The average molecular weight is 339 g/mol. The number of hydrogen-bond donors (Lipinski definition) is 2. The van der Waals surface area contributed by atoms with Gasteiger partial charge in [-0.25, -0.2) is 9.97 Å². The SMILES string of the molecule is Cc1nc2c(c(NCc3cc(Br)cs3)n1)CNCC2. The first-order valence-corrected chi connectivity index (χ1v) is 7.93. The van der Waals surface area contributed by atoms with E-state index in [0.717, 1.165) is 42.2 Å². The summed E-state index contributed by atoms with van der Waals surface area (Å²) >= 11 is 5.22. The molecular formula is C13H15BrN4S. The Hall–Kier alpha value is -0.980. The van der Waals surface area contributed by atoms with Crippen molar-refractivity contribution in [3.63, 3.8) is 0 Å². The van der Waals surface area contributed by atoms with Crippen molar-refractivity contribution in [1.29, 1.82) is 0 Å². The Labute approximate surface area is 124 Å². The molecule has 3 heterocycles. The van der Waals surface area contributed by atoms with Gasteiger partial charge in [0.25, 0.3) is 0 Å². The first-order valence-electron chi connectivity index (χ1n) is 6.26. The summed E-state index contributed by atoms with van der Waals surface area (Å²) in [6.45, 7) is 4.61. The van der Waals surface area contributed by atoms with Gasteiger partial charge in [0.2, 0.25) is 0 Å². The first-order chi connectivity index (χ1) is 9.22. The minimum absolute atomic E-state index is 0.805. The zero-order valence-corrected chi connectivity index (χ0v) is 13.1. The molecule has 100 valence electrons. The Morgan fingerprint density at radius 1 is 1.47 bits per heavy atom. The Balaban J connectivity index is 1.82. The van der Waals surface area contributed by atoms with Crippen LogP contribution in [0.2, 0.25) is 0 Å². The maximum Gasteiger partial charge on any atom is 0.134 e. The van der Waals surface area contributed by atoms with E-state index in [2.05, 4.69) is 48.0 Å². The van der Waals surface area contributed by atoms with E-state index in [-0.39, 0.29) is 0 Å². The van der Waals surface area contributed by atoms with Crippen molar-refractivity contribution in [3.8, 4) is 0 Å². The van der Waals surface area contributed by atoms with Crippen LogP contribution in [0.25, 0.3) is 0 Å². The molecule has 0 radical (unpaired) electrons. The fourth-order valence-electron chi connectivity index (χ4n) is 2.23. The number of anilines is 1. The van der Waals surface area contributed by atoms with Crippen molar-refractivity contribution >= 4 is 33.1 Å². The highest BCUT2D eigenvalue weighted by atomic mass is 79.9. The zero-order valence-electron chi connectivity index (χ0n) is 10.7. The quantitative estimate of drug-likeness (QED) is 0.903. The molecule has 2 N–H and O–H groups in total. The molecule has 2 aromatic heterocycles. The minimum Gasteiger partial charge on any atom is -0.365 e. The normalized spacial score (nSPS) is 14.2. The number of hydrogen-bond acceptors (Lipinski definition) is 5. The Kier molecular flexibility index (Phi) is 3.81. The third-order valence-corrected chi connectivity index (χ3v) is 4.79. The second-order valence-electron chi connectivity index (χ2n) is 4.56.